The van der Waals surface area contributed by atoms with Crippen LogP contribution in [0.2, 0.25) is 0 Å². The Morgan fingerprint density at radius 3 is 3.04 bits per heavy atom. The van der Waals surface area contributed by atoms with Gasteiger partial charge in [0.15, 0.2) is 11.7 Å². The molecule has 1 N–H and O–H groups in total. The van der Waals surface area contributed by atoms with Crippen LogP contribution in [-0.2, 0) is 22.4 Å². The van der Waals surface area contributed by atoms with E-state index in [1.54, 1.807) is 7.11 Å². The number of thiophene rings is 1. The zero-order valence-electron chi connectivity index (χ0n) is 13.6. The van der Waals surface area contributed by atoms with Crippen LogP contribution in [0, 0.1) is 23.2 Å². The van der Waals surface area contributed by atoms with Gasteiger partial charge in [0.1, 0.15) is 0 Å². The standard InChI is InChI=1S/C17H22N2O3S/c1-11-4-5-14-12(8-11)9-15(23-14)16(20)13(10-18)17(21)19-6-3-7-22-2/h9,11,13H,3-8H2,1-2H3,(H,19,21)/t11-,13-/m0/s1. The van der Waals surface area contributed by atoms with Crippen molar-refractivity contribution in [1.82, 2.24) is 5.32 Å². The molecule has 5 nitrogen and oxygen atoms in total. The summed E-state index contributed by atoms with van der Waals surface area (Å²) in [5.41, 5.74) is 1.20. The summed E-state index contributed by atoms with van der Waals surface area (Å²) in [5, 5.41) is 11.9. The number of fused-ring (bicyclic) bond motifs is 1. The molecule has 1 aliphatic carbocycles. The van der Waals surface area contributed by atoms with Crippen LogP contribution in [0.4, 0.5) is 0 Å². The topological polar surface area (TPSA) is 79.2 Å². The maximum absolute atomic E-state index is 12.5. The minimum absolute atomic E-state index is 0.385. The van der Waals surface area contributed by atoms with Crippen LogP contribution >= 0.6 is 11.3 Å². The number of ether oxygens (including phenoxy) is 1. The van der Waals surface area contributed by atoms with Gasteiger partial charge in [0.25, 0.3) is 0 Å². The van der Waals surface area contributed by atoms with Gasteiger partial charge in [-0.1, -0.05) is 6.92 Å². The van der Waals surface area contributed by atoms with Crippen molar-refractivity contribution in [2.24, 2.45) is 11.8 Å². The number of ketones is 1. The van der Waals surface area contributed by atoms with Gasteiger partial charge in [-0.25, -0.2) is 0 Å². The molecule has 0 saturated heterocycles. The van der Waals surface area contributed by atoms with Crippen LogP contribution in [0.5, 0.6) is 0 Å². The van der Waals surface area contributed by atoms with Gasteiger partial charge >= 0.3 is 0 Å². The molecular weight excluding hydrogens is 312 g/mol. The number of nitrogens with one attached hydrogen (secondary N) is 1. The zero-order chi connectivity index (χ0) is 16.8. The second-order valence-corrected chi connectivity index (χ2v) is 7.11. The number of nitrogens with zero attached hydrogens (tertiary/aromatic N) is 1. The Labute approximate surface area is 140 Å². The lowest BCUT2D eigenvalue weighted by atomic mass is 9.89. The maximum Gasteiger partial charge on any atom is 0.245 e. The molecule has 0 aliphatic heterocycles. The molecule has 2 rings (SSSR count). The van der Waals surface area contributed by atoms with Gasteiger partial charge in [0.05, 0.1) is 10.9 Å². The molecular formula is C17H22N2O3S. The van der Waals surface area contributed by atoms with E-state index in [-0.39, 0.29) is 5.78 Å². The molecule has 0 radical (unpaired) electrons. The number of carbonyl (C=O) groups excluding carboxylic acids is 2. The summed E-state index contributed by atoms with van der Waals surface area (Å²) in [4.78, 5) is 26.3. The summed E-state index contributed by atoms with van der Waals surface area (Å²) >= 11 is 1.44. The third-order valence-corrected chi connectivity index (χ3v) is 5.30. The van der Waals surface area contributed by atoms with E-state index in [4.69, 9.17) is 4.74 Å². The fourth-order valence-electron chi connectivity index (χ4n) is 2.74. The van der Waals surface area contributed by atoms with Crippen LogP contribution in [-0.4, -0.2) is 32.0 Å². The predicted octanol–water partition coefficient (Wildman–Crippen LogP) is 2.35. The Kier molecular flexibility index (Phi) is 6.31. The summed E-state index contributed by atoms with van der Waals surface area (Å²) < 4.78 is 4.90. The molecule has 0 saturated carbocycles. The number of nitriles is 1. The van der Waals surface area contributed by atoms with Crippen molar-refractivity contribution in [3.05, 3.63) is 21.4 Å². The van der Waals surface area contributed by atoms with E-state index in [1.165, 1.54) is 21.8 Å². The Hall–Kier alpha value is -1.71. The average molecular weight is 334 g/mol. The second kappa shape index (κ2) is 8.23. The summed E-state index contributed by atoms with van der Waals surface area (Å²) in [6, 6.07) is 3.72. The first-order valence-electron chi connectivity index (χ1n) is 7.88. The van der Waals surface area contributed by atoms with Gasteiger partial charge in [0.2, 0.25) is 5.91 Å². The van der Waals surface area contributed by atoms with Gasteiger partial charge in [-0.3, -0.25) is 9.59 Å². The first-order chi connectivity index (χ1) is 11.1. The van der Waals surface area contributed by atoms with E-state index >= 15 is 0 Å². The molecule has 1 heterocycles. The molecule has 1 aromatic rings. The van der Waals surface area contributed by atoms with Crippen molar-refractivity contribution in [3.63, 3.8) is 0 Å². The molecule has 0 spiro atoms. The number of amides is 1. The number of methoxy groups -OCH3 is 1. The lowest BCUT2D eigenvalue weighted by Crippen LogP contribution is -2.35. The number of Topliss-reactive ketones (excluding diaryl/α,β-unsaturated/α-hetero) is 1. The quantitative estimate of drug-likeness (QED) is 0.471. The van der Waals surface area contributed by atoms with Crippen molar-refractivity contribution in [2.75, 3.05) is 20.3 Å². The first kappa shape index (κ1) is 17.6. The highest BCUT2D eigenvalue weighted by Gasteiger charge is 2.30. The fraction of sp³-hybridized carbons (Fsp3) is 0.588. The number of aryl methyl sites for hydroxylation is 1. The number of hydrogen-bond donors (Lipinski definition) is 1. The van der Waals surface area contributed by atoms with E-state index in [0.29, 0.717) is 30.4 Å². The molecule has 0 fully saturated rings. The van der Waals surface area contributed by atoms with E-state index in [1.807, 2.05) is 12.1 Å². The zero-order valence-corrected chi connectivity index (χ0v) is 14.4. The van der Waals surface area contributed by atoms with Crippen LogP contribution in [0.25, 0.3) is 0 Å². The number of hydrogen-bond acceptors (Lipinski definition) is 5. The molecule has 1 aromatic heterocycles. The van der Waals surface area contributed by atoms with E-state index in [2.05, 4.69) is 12.2 Å². The minimum Gasteiger partial charge on any atom is -0.385 e. The molecule has 0 bridgehead atoms. The van der Waals surface area contributed by atoms with E-state index in [9.17, 15) is 14.9 Å². The summed E-state index contributed by atoms with van der Waals surface area (Å²) in [7, 11) is 1.59. The predicted molar refractivity (Wildman–Crippen MR) is 88.4 cm³/mol. The van der Waals surface area contributed by atoms with Crippen molar-refractivity contribution in [3.8, 4) is 6.07 Å². The van der Waals surface area contributed by atoms with E-state index < -0.39 is 11.8 Å². The highest BCUT2D eigenvalue weighted by Crippen LogP contribution is 2.33. The Bertz CT molecular complexity index is 618. The number of carbonyl (C=O) groups is 2. The molecule has 1 amide bonds. The summed E-state index contributed by atoms with van der Waals surface area (Å²) in [5.74, 6) is -1.55. The van der Waals surface area contributed by atoms with E-state index in [0.717, 1.165) is 19.3 Å². The van der Waals surface area contributed by atoms with Crippen LogP contribution in [0.3, 0.4) is 0 Å². The highest BCUT2D eigenvalue weighted by molar-refractivity contribution is 7.14. The Morgan fingerprint density at radius 2 is 2.35 bits per heavy atom. The molecule has 23 heavy (non-hydrogen) atoms. The molecule has 1 aliphatic rings. The van der Waals surface area contributed by atoms with Gasteiger partial charge in [0, 0.05) is 25.1 Å². The maximum atomic E-state index is 12.5. The highest BCUT2D eigenvalue weighted by atomic mass is 32.1. The fourth-order valence-corrected chi connectivity index (χ4v) is 3.91. The lowest BCUT2D eigenvalue weighted by Gasteiger charge is -2.16. The van der Waals surface area contributed by atoms with Crippen LogP contribution in [0.15, 0.2) is 6.07 Å². The Morgan fingerprint density at radius 1 is 1.57 bits per heavy atom. The lowest BCUT2D eigenvalue weighted by molar-refractivity contribution is -0.122. The van der Waals surface area contributed by atoms with Crippen molar-refractivity contribution in [1.29, 1.82) is 5.26 Å². The molecule has 0 aromatic carbocycles. The number of rotatable bonds is 7. The second-order valence-electron chi connectivity index (χ2n) is 5.97. The largest absolute Gasteiger partial charge is 0.385 e. The summed E-state index contributed by atoms with van der Waals surface area (Å²) in [6.07, 6.45) is 3.73. The smallest absolute Gasteiger partial charge is 0.245 e. The van der Waals surface area contributed by atoms with Gasteiger partial charge < -0.3 is 10.1 Å². The van der Waals surface area contributed by atoms with Crippen molar-refractivity contribution < 1.29 is 14.3 Å². The molecule has 124 valence electrons. The van der Waals surface area contributed by atoms with Gasteiger partial charge in [-0.2, -0.15) is 5.26 Å². The SMILES string of the molecule is COCCCNC(=O)[C@@H](C#N)C(=O)c1cc2c(s1)CC[C@H](C)C2. The van der Waals surface area contributed by atoms with Gasteiger partial charge in [-0.05, 0) is 43.2 Å². The average Bonchev–Trinajstić information content (AvgIpc) is 2.95. The van der Waals surface area contributed by atoms with Gasteiger partial charge in [-0.15, -0.1) is 11.3 Å². The minimum atomic E-state index is -1.27. The first-order valence-corrected chi connectivity index (χ1v) is 8.70. The van der Waals surface area contributed by atoms with Crippen LogP contribution in [0.1, 0.15) is 39.9 Å². The van der Waals surface area contributed by atoms with Crippen molar-refractivity contribution >= 4 is 23.0 Å². The normalized spacial score (nSPS) is 17.9. The van der Waals surface area contributed by atoms with Crippen LogP contribution < -0.4 is 5.32 Å². The van der Waals surface area contributed by atoms with Crippen molar-refractivity contribution in [2.45, 2.75) is 32.6 Å². The third-order valence-electron chi connectivity index (χ3n) is 4.05. The summed E-state index contributed by atoms with van der Waals surface area (Å²) in [6.45, 7) is 3.13. The monoisotopic (exact) mass is 334 g/mol. The molecule has 6 heteroatoms. The molecule has 2 atom stereocenters. The molecule has 0 unspecified atom stereocenters. The Balaban J connectivity index is 2.02. The third kappa shape index (κ3) is 4.40.